The van der Waals surface area contributed by atoms with Crippen LogP contribution in [0.4, 0.5) is 5.69 Å². The minimum Gasteiger partial charge on any atom is -0.352 e. The van der Waals surface area contributed by atoms with Crippen molar-refractivity contribution in [2.24, 2.45) is 5.92 Å². The number of benzene rings is 1. The van der Waals surface area contributed by atoms with Crippen LogP contribution in [0.2, 0.25) is 0 Å². The minimum atomic E-state index is -0.113. The number of hydrogen-bond acceptors (Lipinski definition) is 4. The molecule has 1 aliphatic rings. The molecule has 1 unspecified atom stereocenters. The van der Waals surface area contributed by atoms with Gasteiger partial charge in [-0.3, -0.25) is 14.5 Å². The van der Waals surface area contributed by atoms with Gasteiger partial charge in [-0.15, -0.1) is 0 Å². The standard InChI is InChI=1S/C19H30N4O2/c1-14(2)11-20-19(25)15-6-5-7-16(10-15)21-18(24)13-23-9-8-17(12-23)22(3)4/h5-7,10,14,17H,8-9,11-13H2,1-4H3,(H,20,25)(H,21,24). The Kier molecular flexibility index (Phi) is 6.96. The molecular formula is C19H30N4O2. The molecule has 1 saturated heterocycles. The fourth-order valence-corrected chi connectivity index (χ4v) is 2.92. The molecule has 0 spiro atoms. The van der Waals surface area contributed by atoms with E-state index in [2.05, 4.69) is 48.4 Å². The van der Waals surface area contributed by atoms with E-state index in [0.717, 1.165) is 19.5 Å². The van der Waals surface area contributed by atoms with Crippen LogP contribution in [0, 0.1) is 5.92 Å². The van der Waals surface area contributed by atoms with Gasteiger partial charge in [0, 0.05) is 36.9 Å². The topological polar surface area (TPSA) is 64.7 Å². The first-order chi connectivity index (χ1) is 11.8. The Bertz CT molecular complexity index is 601. The summed E-state index contributed by atoms with van der Waals surface area (Å²) in [7, 11) is 4.15. The highest BCUT2D eigenvalue weighted by atomic mass is 16.2. The summed E-state index contributed by atoms with van der Waals surface area (Å²) in [4.78, 5) is 28.8. The van der Waals surface area contributed by atoms with E-state index in [4.69, 9.17) is 0 Å². The molecule has 0 aliphatic carbocycles. The summed E-state index contributed by atoms with van der Waals surface area (Å²) in [6.07, 6.45) is 1.09. The molecule has 1 aliphatic heterocycles. The number of nitrogens with zero attached hydrogens (tertiary/aromatic N) is 2. The zero-order valence-electron chi connectivity index (χ0n) is 15.7. The van der Waals surface area contributed by atoms with Crippen molar-refractivity contribution in [3.8, 4) is 0 Å². The molecule has 1 aromatic carbocycles. The number of amides is 2. The molecule has 0 radical (unpaired) electrons. The Morgan fingerprint density at radius 1 is 1.32 bits per heavy atom. The zero-order valence-corrected chi connectivity index (χ0v) is 15.7. The monoisotopic (exact) mass is 346 g/mol. The molecule has 0 aromatic heterocycles. The fourth-order valence-electron chi connectivity index (χ4n) is 2.92. The summed E-state index contributed by atoms with van der Waals surface area (Å²) < 4.78 is 0. The Hall–Kier alpha value is -1.92. The van der Waals surface area contributed by atoms with Crippen molar-refractivity contribution in [3.05, 3.63) is 29.8 Å². The molecule has 1 heterocycles. The van der Waals surface area contributed by atoms with Crippen molar-refractivity contribution in [2.45, 2.75) is 26.3 Å². The third-order valence-corrected chi connectivity index (χ3v) is 4.42. The highest BCUT2D eigenvalue weighted by Gasteiger charge is 2.25. The minimum absolute atomic E-state index is 0.0425. The van der Waals surface area contributed by atoms with Crippen LogP contribution in [-0.4, -0.2) is 67.9 Å². The van der Waals surface area contributed by atoms with Gasteiger partial charge in [0.05, 0.1) is 6.54 Å². The summed E-state index contributed by atoms with van der Waals surface area (Å²) in [5, 5.41) is 5.79. The molecule has 2 N–H and O–H groups in total. The molecule has 2 amide bonds. The Morgan fingerprint density at radius 3 is 2.72 bits per heavy atom. The zero-order chi connectivity index (χ0) is 18.4. The maximum Gasteiger partial charge on any atom is 0.251 e. The second-order valence-corrected chi connectivity index (χ2v) is 7.37. The first-order valence-corrected chi connectivity index (χ1v) is 8.92. The smallest absolute Gasteiger partial charge is 0.251 e. The molecule has 2 rings (SSSR count). The predicted octanol–water partition coefficient (Wildman–Crippen LogP) is 1.65. The predicted molar refractivity (Wildman–Crippen MR) is 101 cm³/mol. The van der Waals surface area contributed by atoms with Gasteiger partial charge in [-0.25, -0.2) is 0 Å². The van der Waals surface area contributed by atoms with Crippen LogP contribution in [0.15, 0.2) is 24.3 Å². The summed E-state index contributed by atoms with van der Waals surface area (Å²) in [6, 6.07) is 7.59. The maximum atomic E-state index is 12.3. The van der Waals surface area contributed by atoms with Gasteiger partial charge in [0.25, 0.3) is 5.91 Å². The second-order valence-electron chi connectivity index (χ2n) is 7.37. The highest BCUT2D eigenvalue weighted by Crippen LogP contribution is 2.14. The lowest BCUT2D eigenvalue weighted by molar-refractivity contribution is -0.117. The molecule has 25 heavy (non-hydrogen) atoms. The van der Waals surface area contributed by atoms with Crippen molar-refractivity contribution < 1.29 is 9.59 Å². The van der Waals surface area contributed by atoms with Crippen molar-refractivity contribution in [1.82, 2.24) is 15.1 Å². The molecule has 0 bridgehead atoms. The number of rotatable bonds is 7. The first-order valence-electron chi connectivity index (χ1n) is 8.92. The van der Waals surface area contributed by atoms with Crippen molar-refractivity contribution in [3.63, 3.8) is 0 Å². The summed E-state index contributed by atoms with van der Waals surface area (Å²) in [6.45, 7) is 6.98. The van der Waals surface area contributed by atoms with Crippen molar-refractivity contribution >= 4 is 17.5 Å². The third-order valence-electron chi connectivity index (χ3n) is 4.42. The summed E-state index contributed by atoms with van der Waals surface area (Å²) in [5.74, 6) is 0.246. The average molecular weight is 346 g/mol. The molecular weight excluding hydrogens is 316 g/mol. The van der Waals surface area contributed by atoms with Gasteiger partial charge in [-0.2, -0.15) is 0 Å². The van der Waals surface area contributed by atoms with Gasteiger partial charge in [0.2, 0.25) is 5.91 Å². The van der Waals surface area contributed by atoms with Gasteiger partial charge >= 0.3 is 0 Å². The van der Waals surface area contributed by atoms with E-state index in [1.807, 2.05) is 6.07 Å². The lowest BCUT2D eigenvalue weighted by Gasteiger charge is -2.20. The van der Waals surface area contributed by atoms with Crippen molar-refractivity contribution in [1.29, 1.82) is 0 Å². The molecule has 0 saturated carbocycles. The second kappa shape index (κ2) is 8.97. The van der Waals surface area contributed by atoms with Crippen LogP contribution < -0.4 is 10.6 Å². The SMILES string of the molecule is CC(C)CNC(=O)c1cccc(NC(=O)CN2CCC(N(C)C)C2)c1. The average Bonchev–Trinajstić information content (AvgIpc) is 3.01. The summed E-state index contributed by atoms with van der Waals surface area (Å²) >= 11 is 0. The molecule has 138 valence electrons. The fraction of sp³-hybridized carbons (Fsp3) is 0.579. The van der Waals surface area contributed by atoms with E-state index in [9.17, 15) is 9.59 Å². The van der Waals surface area contributed by atoms with Gasteiger partial charge < -0.3 is 15.5 Å². The molecule has 1 aromatic rings. The van der Waals surface area contributed by atoms with Crippen LogP contribution in [-0.2, 0) is 4.79 Å². The Balaban J connectivity index is 1.87. The van der Waals surface area contributed by atoms with Gasteiger partial charge in [0.15, 0.2) is 0 Å². The van der Waals surface area contributed by atoms with E-state index in [1.54, 1.807) is 18.2 Å². The molecule has 1 atom stereocenters. The van der Waals surface area contributed by atoms with Crippen molar-refractivity contribution in [2.75, 3.05) is 45.6 Å². The number of anilines is 1. The van der Waals surface area contributed by atoms with E-state index < -0.39 is 0 Å². The Morgan fingerprint density at radius 2 is 2.08 bits per heavy atom. The van der Waals surface area contributed by atoms with E-state index in [0.29, 0.717) is 36.3 Å². The quantitative estimate of drug-likeness (QED) is 0.788. The van der Waals surface area contributed by atoms with Gasteiger partial charge in [-0.1, -0.05) is 19.9 Å². The largest absolute Gasteiger partial charge is 0.352 e. The molecule has 6 nitrogen and oxygen atoms in total. The normalized spacial score (nSPS) is 17.9. The maximum absolute atomic E-state index is 12.3. The number of carbonyl (C=O) groups excluding carboxylic acids is 2. The number of likely N-dealkylation sites (N-methyl/N-ethyl adjacent to an activating group) is 1. The third kappa shape index (κ3) is 6.14. The number of hydrogen-bond donors (Lipinski definition) is 2. The van der Waals surface area contributed by atoms with Crippen LogP contribution in [0.1, 0.15) is 30.6 Å². The molecule has 1 fully saturated rings. The van der Waals surface area contributed by atoms with E-state index in [1.165, 1.54) is 0 Å². The van der Waals surface area contributed by atoms with Gasteiger partial charge in [0.1, 0.15) is 0 Å². The van der Waals surface area contributed by atoms with Crippen LogP contribution in [0.5, 0.6) is 0 Å². The lowest BCUT2D eigenvalue weighted by Crippen LogP contribution is -2.35. The first kappa shape index (κ1) is 19.4. The Labute approximate surface area is 150 Å². The van der Waals surface area contributed by atoms with Crippen LogP contribution >= 0.6 is 0 Å². The summed E-state index contributed by atoms with van der Waals surface area (Å²) in [5.41, 5.74) is 1.22. The van der Waals surface area contributed by atoms with Crippen LogP contribution in [0.25, 0.3) is 0 Å². The highest BCUT2D eigenvalue weighted by molar-refractivity contribution is 5.97. The van der Waals surface area contributed by atoms with E-state index >= 15 is 0 Å². The molecule has 6 heteroatoms. The van der Waals surface area contributed by atoms with E-state index in [-0.39, 0.29) is 11.8 Å². The number of likely N-dealkylation sites (tertiary alicyclic amines) is 1. The van der Waals surface area contributed by atoms with Gasteiger partial charge in [-0.05, 0) is 44.6 Å². The lowest BCUT2D eigenvalue weighted by atomic mass is 10.1. The number of carbonyl (C=O) groups is 2. The number of nitrogens with one attached hydrogen (secondary N) is 2. The van der Waals surface area contributed by atoms with Crippen LogP contribution in [0.3, 0.4) is 0 Å².